The molecule has 0 aliphatic heterocycles. The average Bonchev–Trinajstić information content (AvgIpc) is 3.57. The molecule has 190 valence electrons. The van der Waals surface area contributed by atoms with Crippen LogP contribution in [0.4, 0.5) is 0 Å². The molecule has 0 saturated carbocycles. The Hall–Kier alpha value is -5.35. The summed E-state index contributed by atoms with van der Waals surface area (Å²) in [5.41, 5.74) is 13.6. The van der Waals surface area contributed by atoms with Gasteiger partial charge in [0, 0.05) is 26.9 Å². The summed E-state index contributed by atoms with van der Waals surface area (Å²) in [5, 5.41) is 7.35. The molecule has 4 aromatic heterocycles. The maximum atomic E-state index is 6.43. The number of nitrogens with zero attached hydrogens (tertiary/aromatic N) is 3. The molecule has 4 heterocycles. The molecule has 0 saturated heterocycles. The van der Waals surface area contributed by atoms with Crippen LogP contribution < -0.4 is 5.73 Å². The van der Waals surface area contributed by atoms with E-state index in [1.165, 1.54) is 48.9 Å². The quantitative estimate of drug-likeness (QED) is 0.189. The Kier molecular flexibility index (Phi) is 4.85. The van der Waals surface area contributed by atoms with Crippen LogP contribution in [0, 0.1) is 0 Å². The maximum absolute atomic E-state index is 6.43. The molecular formula is C36H26N4. The predicted octanol–water partition coefficient (Wildman–Crippen LogP) is 8.77. The Balaban J connectivity index is 1.60. The number of benzene rings is 4. The number of allylic oxidation sites excluding steroid dienone is 3. The van der Waals surface area contributed by atoms with Crippen LogP contribution in [0.15, 0.2) is 127 Å². The molecule has 0 aliphatic carbocycles. The van der Waals surface area contributed by atoms with Gasteiger partial charge in [0.2, 0.25) is 0 Å². The third-order valence-electron chi connectivity index (χ3n) is 7.96. The minimum atomic E-state index is 0.636. The fourth-order valence-electron chi connectivity index (χ4n) is 6.26. The van der Waals surface area contributed by atoms with Crippen molar-refractivity contribution in [2.45, 2.75) is 6.92 Å². The second-order valence-electron chi connectivity index (χ2n) is 10.2. The molecule has 4 aromatic carbocycles. The molecule has 0 fully saturated rings. The van der Waals surface area contributed by atoms with Crippen molar-refractivity contribution in [3.05, 3.63) is 133 Å². The minimum Gasteiger partial charge on any atom is -0.397 e. The number of fused-ring (bicyclic) bond motifs is 12. The Morgan fingerprint density at radius 1 is 0.650 bits per heavy atom. The number of nitrogens with two attached hydrogens (primary N) is 1. The lowest BCUT2D eigenvalue weighted by Gasteiger charge is -2.12. The van der Waals surface area contributed by atoms with Gasteiger partial charge < -0.3 is 10.1 Å². The first-order valence-electron chi connectivity index (χ1n) is 13.6. The molecule has 4 nitrogen and oxygen atoms in total. The summed E-state index contributed by atoms with van der Waals surface area (Å²) >= 11 is 0. The first-order valence-corrected chi connectivity index (χ1v) is 13.6. The Morgan fingerprint density at radius 2 is 1.32 bits per heavy atom. The molecular weight excluding hydrogens is 488 g/mol. The zero-order valence-electron chi connectivity index (χ0n) is 22.0. The average molecular weight is 515 g/mol. The molecule has 2 N–H and O–H groups in total. The minimum absolute atomic E-state index is 0.636. The fraction of sp³-hybridized carbons (Fsp3) is 0.0278. The number of para-hydroxylation sites is 2. The summed E-state index contributed by atoms with van der Waals surface area (Å²) in [6.45, 7) is 1.98. The van der Waals surface area contributed by atoms with E-state index >= 15 is 0 Å². The van der Waals surface area contributed by atoms with E-state index in [2.05, 4.69) is 106 Å². The van der Waals surface area contributed by atoms with Gasteiger partial charge in [0.25, 0.3) is 0 Å². The van der Waals surface area contributed by atoms with Crippen molar-refractivity contribution in [1.82, 2.24) is 14.0 Å². The normalized spacial score (nSPS) is 12.8. The molecule has 4 heteroatoms. The summed E-state index contributed by atoms with van der Waals surface area (Å²) in [6, 6.07) is 38.9. The van der Waals surface area contributed by atoms with Crippen molar-refractivity contribution in [2.75, 3.05) is 0 Å². The maximum Gasteiger partial charge on any atom is 0.138 e. The topological polar surface area (TPSA) is 48.2 Å². The first-order chi connectivity index (χ1) is 19.7. The van der Waals surface area contributed by atoms with E-state index in [9.17, 15) is 0 Å². The van der Waals surface area contributed by atoms with Gasteiger partial charge in [-0.3, -0.25) is 4.57 Å². The van der Waals surface area contributed by atoms with Gasteiger partial charge >= 0.3 is 0 Å². The highest BCUT2D eigenvalue weighted by molar-refractivity contribution is 6.22. The van der Waals surface area contributed by atoms with E-state index < -0.39 is 0 Å². The van der Waals surface area contributed by atoms with Crippen LogP contribution in [0.1, 0.15) is 12.6 Å². The molecule has 0 unspecified atom stereocenters. The molecule has 0 spiro atoms. The van der Waals surface area contributed by atoms with Crippen LogP contribution in [-0.4, -0.2) is 14.0 Å². The van der Waals surface area contributed by atoms with Crippen molar-refractivity contribution in [3.63, 3.8) is 0 Å². The number of hydrogen-bond acceptors (Lipinski definition) is 2. The van der Waals surface area contributed by atoms with Gasteiger partial charge in [0.15, 0.2) is 0 Å². The Morgan fingerprint density at radius 3 is 2.10 bits per heavy atom. The first kappa shape index (κ1) is 22.6. The highest BCUT2D eigenvalue weighted by atomic mass is 15.1. The van der Waals surface area contributed by atoms with Crippen LogP contribution in [-0.2, 0) is 0 Å². The predicted molar refractivity (Wildman–Crippen MR) is 169 cm³/mol. The van der Waals surface area contributed by atoms with E-state index in [4.69, 9.17) is 10.7 Å². The monoisotopic (exact) mass is 514 g/mol. The summed E-state index contributed by atoms with van der Waals surface area (Å²) in [5.74, 6) is 0.841. The molecule has 40 heavy (non-hydrogen) atoms. The van der Waals surface area contributed by atoms with Gasteiger partial charge in [0.05, 0.1) is 39.0 Å². The Bertz CT molecular complexity index is 2350. The number of aromatic nitrogens is 3. The third kappa shape index (κ3) is 3.10. The zero-order chi connectivity index (χ0) is 26.8. The molecule has 0 atom stereocenters. The lowest BCUT2D eigenvalue weighted by molar-refractivity contribution is 1.07. The van der Waals surface area contributed by atoms with Crippen LogP contribution in [0.3, 0.4) is 0 Å². The SMILES string of the molecule is C/C=C\C=C(/N)c1cccc(-n2c3ccccc3c3ccc4cc5c6ccccc6c6ccccc6n5c4c32)n1. The summed E-state index contributed by atoms with van der Waals surface area (Å²) < 4.78 is 4.74. The van der Waals surface area contributed by atoms with Gasteiger partial charge in [0.1, 0.15) is 5.82 Å². The molecule has 0 amide bonds. The number of rotatable bonds is 3. The lowest BCUT2D eigenvalue weighted by Crippen LogP contribution is -2.04. The zero-order valence-corrected chi connectivity index (χ0v) is 22.0. The molecule has 0 radical (unpaired) electrons. The van der Waals surface area contributed by atoms with Crippen molar-refractivity contribution < 1.29 is 0 Å². The number of hydrogen-bond donors (Lipinski definition) is 1. The van der Waals surface area contributed by atoms with E-state index in [0.717, 1.165) is 22.5 Å². The Labute approximate surface area is 230 Å². The second kappa shape index (κ2) is 8.58. The highest BCUT2D eigenvalue weighted by Gasteiger charge is 2.20. The largest absolute Gasteiger partial charge is 0.397 e. The van der Waals surface area contributed by atoms with E-state index in [1.54, 1.807) is 0 Å². The molecule has 8 rings (SSSR count). The van der Waals surface area contributed by atoms with Crippen LogP contribution in [0.25, 0.3) is 71.4 Å². The van der Waals surface area contributed by atoms with Crippen molar-refractivity contribution >= 4 is 65.6 Å². The van der Waals surface area contributed by atoms with Gasteiger partial charge in [-0.1, -0.05) is 91.0 Å². The summed E-state index contributed by atoms with van der Waals surface area (Å²) in [7, 11) is 0. The van der Waals surface area contributed by atoms with E-state index in [0.29, 0.717) is 5.70 Å². The highest BCUT2D eigenvalue weighted by Crippen LogP contribution is 2.40. The van der Waals surface area contributed by atoms with Gasteiger partial charge in [-0.15, -0.1) is 0 Å². The second-order valence-corrected chi connectivity index (χ2v) is 10.2. The molecule has 8 aromatic rings. The standard InChI is InChI=1S/C36H26N4/c1-2-3-15-29(37)30-16-10-19-34(38-30)40-32-18-9-7-14-27(32)28-21-20-23-22-33-26-13-5-4-11-24(26)25-12-6-8-17-31(25)39(33)35(23)36(28)40/h2-22H,37H2,1H3/b3-2-,29-15-. The van der Waals surface area contributed by atoms with Crippen LogP contribution >= 0.6 is 0 Å². The van der Waals surface area contributed by atoms with Crippen LogP contribution in [0.5, 0.6) is 0 Å². The van der Waals surface area contributed by atoms with Crippen molar-refractivity contribution in [3.8, 4) is 5.82 Å². The lowest BCUT2D eigenvalue weighted by atomic mass is 10.1. The van der Waals surface area contributed by atoms with Crippen molar-refractivity contribution in [2.24, 2.45) is 5.73 Å². The van der Waals surface area contributed by atoms with Gasteiger partial charge in [-0.2, -0.15) is 0 Å². The smallest absolute Gasteiger partial charge is 0.138 e. The van der Waals surface area contributed by atoms with Crippen LogP contribution in [0.2, 0.25) is 0 Å². The molecule has 0 bridgehead atoms. The van der Waals surface area contributed by atoms with E-state index in [1.807, 2.05) is 37.3 Å². The summed E-state index contributed by atoms with van der Waals surface area (Å²) in [4.78, 5) is 5.08. The van der Waals surface area contributed by atoms with Gasteiger partial charge in [-0.05, 0) is 48.7 Å². The molecule has 0 aliphatic rings. The van der Waals surface area contributed by atoms with Gasteiger partial charge in [-0.25, -0.2) is 4.98 Å². The van der Waals surface area contributed by atoms with Crippen molar-refractivity contribution in [1.29, 1.82) is 0 Å². The number of pyridine rings is 2. The third-order valence-corrected chi connectivity index (χ3v) is 7.96. The van der Waals surface area contributed by atoms with E-state index in [-0.39, 0.29) is 0 Å². The summed E-state index contributed by atoms with van der Waals surface area (Å²) in [6.07, 6.45) is 5.80. The fourth-order valence-corrected chi connectivity index (χ4v) is 6.26.